The van der Waals surface area contributed by atoms with Gasteiger partial charge in [0.1, 0.15) is 39.6 Å². The van der Waals surface area contributed by atoms with Crippen LogP contribution < -0.4 is 19.1 Å². The molecule has 0 saturated carbocycles. The van der Waals surface area contributed by atoms with E-state index in [1.54, 1.807) is 30.3 Å². The summed E-state index contributed by atoms with van der Waals surface area (Å²) in [6.45, 7) is 2.21. The number of esters is 1. The van der Waals surface area contributed by atoms with Crippen molar-refractivity contribution in [2.45, 2.75) is 38.0 Å². The van der Waals surface area contributed by atoms with Crippen molar-refractivity contribution in [3.63, 3.8) is 0 Å². The molecular weight excluding hydrogens is 707 g/mol. The molecular formula is C37H35Cl2F2N3O7. The molecule has 51 heavy (non-hydrogen) atoms. The van der Waals surface area contributed by atoms with Gasteiger partial charge < -0.3 is 24.2 Å². The maximum absolute atomic E-state index is 15.0. The molecule has 0 aliphatic carbocycles. The summed E-state index contributed by atoms with van der Waals surface area (Å²) in [4.78, 5) is 30.3. The van der Waals surface area contributed by atoms with Crippen LogP contribution in [-0.4, -0.2) is 56.9 Å². The summed E-state index contributed by atoms with van der Waals surface area (Å²) in [5.74, 6) is -1.48. The number of aromatic nitrogens is 1. The lowest BCUT2D eigenvalue weighted by molar-refractivity contribution is -0.605. The third-order valence-corrected chi connectivity index (χ3v) is 9.93. The Bertz CT molecular complexity index is 1860. The Hall–Kier alpha value is -4.65. The molecule has 0 spiro atoms. The number of halogens is 4. The number of hydrogen-bond acceptors (Lipinski definition) is 8. The molecule has 0 radical (unpaired) electrons. The second-order valence-electron chi connectivity index (χ2n) is 12.4. The summed E-state index contributed by atoms with van der Waals surface area (Å²) in [5, 5.41) is 12.0. The van der Waals surface area contributed by atoms with E-state index in [-0.39, 0.29) is 40.6 Å². The minimum Gasteiger partial charge on any atom is -0.619 e. The number of anilines is 1. The molecule has 1 amide bonds. The van der Waals surface area contributed by atoms with Crippen LogP contribution in [-0.2, 0) is 22.4 Å². The maximum Gasteiger partial charge on any atom is 0.415 e. The van der Waals surface area contributed by atoms with E-state index in [0.29, 0.717) is 39.5 Å². The summed E-state index contributed by atoms with van der Waals surface area (Å²) in [6, 6.07) is 14.5. The standard InChI is InChI=1S/C37H35Cl2F2N3O7/c1-48-31-11-10-25(16-33(31)49-2)32(17-26-27(38)19-43(47)20-28(26)39)50-36(45)24-8-6-22(7-9-24)18-44(35-29(40)4-3-5-30(35)41)37(46)51-34-21-42-14-12-23(34)13-15-42/h3-11,16,19-20,23,32,34H,12-15,17-18,21H2,1-2H3/t32-,34-/m0/s1. The lowest BCUT2D eigenvalue weighted by Crippen LogP contribution is -2.53. The first-order chi connectivity index (χ1) is 24.5. The van der Waals surface area contributed by atoms with Gasteiger partial charge in [-0.25, -0.2) is 18.4 Å². The van der Waals surface area contributed by atoms with E-state index in [1.807, 2.05) is 0 Å². The first-order valence-electron chi connectivity index (χ1n) is 16.3. The minimum atomic E-state index is -0.935. The van der Waals surface area contributed by atoms with E-state index < -0.39 is 35.5 Å². The Balaban J connectivity index is 1.23. The second kappa shape index (κ2) is 15.7. The number of carbonyl (C=O) groups excluding carboxylic acids is 2. The van der Waals surface area contributed by atoms with Crippen molar-refractivity contribution in [1.82, 2.24) is 4.90 Å². The number of hydrogen-bond donors (Lipinski definition) is 0. The van der Waals surface area contributed by atoms with Gasteiger partial charge in [-0.3, -0.25) is 9.80 Å². The third kappa shape index (κ3) is 8.14. The average molecular weight is 743 g/mol. The second-order valence-corrected chi connectivity index (χ2v) is 13.2. The number of ether oxygens (including phenoxy) is 4. The van der Waals surface area contributed by atoms with Crippen molar-refractivity contribution in [2.24, 2.45) is 5.92 Å². The molecule has 7 rings (SSSR count). The third-order valence-electron chi connectivity index (χ3n) is 9.28. The predicted octanol–water partition coefficient (Wildman–Crippen LogP) is 7.30. The van der Waals surface area contributed by atoms with Crippen LogP contribution in [0.1, 0.15) is 46.0 Å². The minimum absolute atomic E-state index is 0.0166. The van der Waals surface area contributed by atoms with E-state index in [2.05, 4.69) is 4.90 Å². The lowest BCUT2D eigenvalue weighted by Gasteiger charge is -2.44. The van der Waals surface area contributed by atoms with Crippen molar-refractivity contribution < 1.29 is 42.0 Å². The summed E-state index contributed by atoms with van der Waals surface area (Å²) < 4.78 is 53.2. The average Bonchev–Trinajstić information content (AvgIpc) is 3.12. The van der Waals surface area contributed by atoms with Crippen molar-refractivity contribution >= 4 is 41.0 Å². The fraction of sp³-hybridized carbons (Fsp3) is 0.324. The zero-order chi connectivity index (χ0) is 36.2. The van der Waals surface area contributed by atoms with Crippen LogP contribution in [0.4, 0.5) is 19.3 Å². The van der Waals surface area contributed by atoms with Gasteiger partial charge in [0.15, 0.2) is 23.9 Å². The number of benzene rings is 3. The molecule has 3 fully saturated rings. The number of fused-ring (bicyclic) bond motifs is 3. The Morgan fingerprint density at radius 1 is 0.961 bits per heavy atom. The number of rotatable bonds is 11. The van der Waals surface area contributed by atoms with Gasteiger partial charge in [0.2, 0.25) is 0 Å². The quantitative estimate of drug-likeness (QED) is 0.0897. The Labute approximate surface area is 303 Å². The Morgan fingerprint density at radius 3 is 2.20 bits per heavy atom. The molecule has 4 heterocycles. The number of amides is 1. The van der Waals surface area contributed by atoms with Crippen LogP contribution >= 0.6 is 23.2 Å². The van der Waals surface area contributed by atoms with Crippen LogP contribution in [0.3, 0.4) is 0 Å². The molecule has 10 nitrogen and oxygen atoms in total. The molecule has 14 heteroatoms. The van der Waals surface area contributed by atoms with Gasteiger partial charge in [-0.2, -0.15) is 4.73 Å². The van der Waals surface area contributed by atoms with Crippen LogP contribution in [0.2, 0.25) is 10.0 Å². The summed E-state index contributed by atoms with van der Waals surface area (Å²) in [7, 11) is 2.97. The molecule has 268 valence electrons. The van der Waals surface area contributed by atoms with E-state index in [0.717, 1.165) is 55.4 Å². The van der Waals surface area contributed by atoms with Gasteiger partial charge in [0.25, 0.3) is 0 Å². The van der Waals surface area contributed by atoms with Crippen LogP contribution in [0.25, 0.3) is 0 Å². The molecule has 0 N–H and O–H groups in total. The molecule has 3 aliphatic rings. The number of piperidine rings is 3. The number of para-hydroxylation sites is 1. The van der Waals surface area contributed by atoms with Crippen LogP contribution in [0.15, 0.2) is 73.1 Å². The molecule has 2 atom stereocenters. The zero-order valence-corrected chi connectivity index (χ0v) is 29.3. The van der Waals surface area contributed by atoms with Crippen LogP contribution in [0.5, 0.6) is 11.5 Å². The van der Waals surface area contributed by atoms with Gasteiger partial charge in [-0.15, -0.1) is 0 Å². The topological polar surface area (TPSA) is 104 Å². The predicted molar refractivity (Wildman–Crippen MR) is 185 cm³/mol. The first-order valence-corrected chi connectivity index (χ1v) is 17.0. The maximum atomic E-state index is 15.0. The van der Waals surface area contributed by atoms with E-state index in [1.165, 1.54) is 32.4 Å². The highest BCUT2D eigenvalue weighted by atomic mass is 35.5. The summed E-state index contributed by atoms with van der Waals surface area (Å²) >= 11 is 12.7. The summed E-state index contributed by atoms with van der Waals surface area (Å²) in [6.07, 6.45) is 1.92. The van der Waals surface area contributed by atoms with Crippen LogP contribution in [0, 0.1) is 22.8 Å². The van der Waals surface area contributed by atoms with Gasteiger partial charge in [0, 0.05) is 18.5 Å². The fourth-order valence-corrected chi connectivity index (χ4v) is 7.14. The van der Waals surface area contributed by atoms with Crippen molar-refractivity contribution in [3.05, 3.63) is 122 Å². The highest BCUT2D eigenvalue weighted by Gasteiger charge is 2.38. The largest absolute Gasteiger partial charge is 0.619 e. The van der Waals surface area contributed by atoms with Gasteiger partial charge in [-0.1, -0.05) is 47.5 Å². The molecule has 3 aliphatic heterocycles. The smallest absolute Gasteiger partial charge is 0.415 e. The lowest BCUT2D eigenvalue weighted by atomic mass is 9.86. The fourth-order valence-electron chi connectivity index (χ4n) is 6.54. The molecule has 3 aromatic carbocycles. The SMILES string of the molecule is COc1ccc([C@H](Cc2c(Cl)c[n+]([O-])cc2Cl)OC(=O)c2ccc(CN(C(=O)O[C@H]3CN4CCC3CC4)c3c(F)cccc3F)cc2)cc1OC. The molecule has 4 aromatic rings. The monoisotopic (exact) mass is 741 g/mol. The van der Waals surface area contributed by atoms with Gasteiger partial charge in [-0.05, 0) is 79.4 Å². The molecule has 1 aromatic heterocycles. The molecule has 3 saturated heterocycles. The first kappa shape index (κ1) is 36.2. The van der Waals surface area contributed by atoms with Gasteiger partial charge in [0.05, 0.1) is 26.3 Å². The zero-order valence-electron chi connectivity index (χ0n) is 27.8. The van der Waals surface area contributed by atoms with Gasteiger partial charge >= 0.3 is 12.1 Å². The normalized spacial score (nSPS) is 18.5. The summed E-state index contributed by atoms with van der Waals surface area (Å²) in [5.41, 5.74) is 1.04. The number of nitrogens with zero attached hydrogens (tertiary/aromatic N) is 3. The number of carbonyl (C=O) groups is 2. The van der Waals surface area contributed by atoms with Crippen molar-refractivity contribution in [1.29, 1.82) is 0 Å². The van der Waals surface area contributed by atoms with Crippen molar-refractivity contribution in [2.75, 3.05) is 38.8 Å². The van der Waals surface area contributed by atoms with E-state index in [4.69, 9.17) is 42.1 Å². The Kier molecular flexibility index (Phi) is 11.1. The van der Waals surface area contributed by atoms with Crippen molar-refractivity contribution in [3.8, 4) is 11.5 Å². The highest BCUT2D eigenvalue weighted by molar-refractivity contribution is 6.35. The number of methoxy groups -OCH3 is 2. The molecule has 0 unspecified atom stereocenters. The Morgan fingerprint density at radius 2 is 1.61 bits per heavy atom. The van der Waals surface area contributed by atoms with E-state index in [9.17, 15) is 14.8 Å². The van der Waals surface area contributed by atoms with E-state index >= 15 is 8.78 Å². The number of pyridine rings is 1. The molecule has 2 bridgehead atoms. The highest BCUT2D eigenvalue weighted by Crippen LogP contribution is 2.36.